The number of carboxylic acid groups (broad SMARTS) is 1. The van der Waals surface area contributed by atoms with Crippen LogP contribution in [0.4, 0.5) is 5.69 Å². The number of sulfonamides is 1. The van der Waals surface area contributed by atoms with Gasteiger partial charge in [-0.1, -0.05) is 0 Å². The van der Waals surface area contributed by atoms with E-state index in [-0.39, 0.29) is 18.0 Å². The third-order valence-corrected chi connectivity index (χ3v) is 5.71. The Kier molecular flexibility index (Phi) is 4.53. The van der Waals surface area contributed by atoms with Gasteiger partial charge < -0.3 is 10.0 Å². The van der Waals surface area contributed by atoms with E-state index in [2.05, 4.69) is 0 Å². The zero-order valence-electron chi connectivity index (χ0n) is 12.2. The van der Waals surface area contributed by atoms with E-state index < -0.39 is 21.9 Å². The highest BCUT2D eigenvalue weighted by Crippen LogP contribution is 2.25. The van der Waals surface area contributed by atoms with Crippen molar-refractivity contribution in [1.29, 1.82) is 0 Å². The molecule has 2 rings (SSSR count). The Morgan fingerprint density at radius 1 is 1.19 bits per heavy atom. The molecule has 21 heavy (non-hydrogen) atoms. The first kappa shape index (κ1) is 15.8. The molecule has 0 amide bonds. The summed E-state index contributed by atoms with van der Waals surface area (Å²) in [7, 11) is 0.246. The van der Waals surface area contributed by atoms with Gasteiger partial charge in [0.05, 0.1) is 10.8 Å². The van der Waals surface area contributed by atoms with Crippen LogP contribution in [0.3, 0.4) is 0 Å². The Labute approximate surface area is 125 Å². The number of rotatable bonds is 4. The van der Waals surface area contributed by atoms with Crippen molar-refractivity contribution >= 4 is 21.7 Å². The maximum Gasteiger partial charge on any atom is 0.306 e. The van der Waals surface area contributed by atoms with Crippen molar-refractivity contribution < 1.29 is 18.3 Å². The topological polar surface area (TPSA) is 77.9 Å². The molecule has 0 radical (unpaired) electrons. The van der Waals surface area contributed by atoms with Crippen LogP contribution in [0.1, 0.15) is 12.8 Å². The van der Waals surface area contributed by atoms with Gasteiger partial charge in [0.25, 0.3) is 0 Å². The number of hydrogen-bond acceptors (Lipinski definition) is 4. The molecule has 1 aliphatic rings. The molecule has 0 unspecified atom stereocenters. The van der Waals surface area contributed by atoms with Crippen LogP contribution in [0, 0.1) is 5.92 Å². The second kappa shape index (κ2) is 6.03. The van der Waals surface area contributed by atoms with Crippen molar-refractivity contribution in [2.24, 2.45) is 5.92 Å². The van der Waals surface area contributed by atoms with E-state index in [9.17, 15) is 13.2 Å². The van der Waals surface area contributed by atoms with Crippen LogP contribution in [0.25, 0.3) is 0 Å². The highest BCUT2D eigenvalue weighted by molar-refractivity contribution is 7.89. The molecule has 6 nitrogen and oxygen atoms in total. The van der Waals surface area contributed by atoms with Gasteiger partial charge in [0.1, 0.15) is 0 Å². The lowest BCUT2D eigenvalue weighted by Crippen LogP contribution is -2.40. The molecule has 0 aliphatic carbocycles. The van der Waals surface area contributed by atoms with Crippen LogP contribution < -0.4 is 4.90 Å². The van der Waals surface area contributed by atoms with E-state index >= 15 is 0 Å². The molecule has 1 fully saturated rings. The number of carbonyl (C=O) groups is 1. The number of nitrogens with zero attached hydrogens (tertiary/aromatic N) is 2. The standard InChI is InChI=1S/C14H20N2O4S/c1-15(2)12-3-5-13(6-4-12)21(19,20)16-9-7-11(8-10-16)14(17)18/h3-6,11H,7-10H2,1-2H3,(H,17,18). The fourth-order valence-electron chi connectivity index (χ4n) is 2.41. The average Bonchev–Trinajstić information content (AvgIpc) is 2.47. The summed E-state index contributed by atoms with van der Waals surface area (Å²) >= 11 is 0. The minimum absolute atomic E-state index is 0.252. The van der Waals surface area contributed by atoms with Crippen LogP contribution >= 0.6 is 0 Å². The Balaban J connectivity index is 2.13. The highest BCUT2D eigenvalue weighted by Gasteiger charge is 2.31. The fourth-order valence-corrected chi connectivity index (χ4v) is 3.88. The minimum atomic E-state index is -3.53. The molecular formula is C14H20N2O4S. The molecular weight excluding hydrogens is 292 g/mol. The van der Waals surface area contributed by atoms with Crippen LogP contribution in [0.2, 0.25) is 0 Å². The normalized spacial score (nSPS) is 17.6. The van der Waals surface area contributed by atoms with Crippen LogP contribution in [0.5, 0.6) is 0 Å². The Morgan fingerprint density at radius 3 is 2.14 bits per heavy atom. The first-order chi connectivity index (χ1) is 9.82. The molecule has 116 valence electrons. The second-order valence-electron chi connectivity index (χ2n) is 5.40. The van der Waals surface area contributed by atoms with Crippen molar-refractivity contribution in [3.63, 3.8) is 0 Å². The molecule has 0 bridgehead atoms. The molecule has 1 heterocycles. The van der Waals surface area contributed by atoms with E-state index in [1.807, 2.05) is 19.0 Å². The highest BCUT2D eigenvalue weighted by atomic mass is 32.2. The van der Waals surface area contributed by atoms with Gasteiger partial charge in [-0.15, -0.1) is 0 Å². The molecule has 0 saturated carbocycles. The smallest absolute Gasteiger partial charge is 0.306 e. The van der Waals surface area contributed by atoms with E-state index in [1.54, 1.807) is 24.3 Å². The first-order valence-corrected chi connectivity index (χ1v) is 8.26. The monoisotopic (exact) mass is 312 g/mol. The summed E-state index contributed by atoms with van der Waals surface area (Å²) in [6.45, 7) is 0.517. The molecule has 1 N–H and O–H groups in total. The minimum Gasteiger partial charge on any atom is -0.481 e. The molecule has 0 aromatic heterocycles. The molecule has 7 heteroatoms. The summed E-state index contributed by atoms with van der Waals surface area (Å²) in [5.41, 5.74) is 0.929. The SMILES string of the molecule is CN(C)c1ccc(S(=O)(=O)N2CCC(C(=O)O)CC2)cc1. The maximum atomic E-state index is 12.5. The van der Waals surface area contributed by atoms with E-state index in [0.29, 0.717) is 12.8 Å². The largest absolute Gasteiger partial charge is 0.481 e. The van der Waals surface area contributed by atoms with E-state index in [1.165, 1.54) is 4.31 Å². The molecule has 1 aromatic rings. The number of carboxylic acids is 1. The Hall–Kier alpha value is -1.60. The summed E-state index contributed by atoms with van der Waals surface area (Å²) < 4.78 is 26.4. The van der Waals surface area contributed by atoms with E-state index in [0.717, 1.165) is 5.69 Å². The molecule has 1 aliphatic heterocycles. The lowest BCUT2D eigenvalue weighted by atomic mass is 9.99. The first-order valence-electron chi connectivity index (χ1n) is 6.82. The van der Waals surface area contributed by atoms with Gasteiger partial charge in [-0.25, -0.2) is 8.42 Å². The van der Waals surface area contributed by atoms with Gasteiger partial charge in [-0.05, 0) is 37.1 Å². The molecule has 1 aromatic carbocycles. The van der Waals surface area contributed by atoms with Crippen molar-refractivity contribution in [2.75, 3.05) is 32.1 Å². The van der Waals surface area contributed by atoms with Crippen LogP contribution in [0.15, 0.2) is 29.2 Å². The third kappa shape index (κ3) is 3.36. The van der Waals surface area contributed by atoms with Gasteiger partial charge in [0, 0.05) is 32.9 Å². The summed E-state index contributed by atoms with van der Waals surface area (Å²) in [5.74, 6) is -1.28. The zero-order valence-corrected chi connectivity index (χ0v) is 13.0. The average molecular weight is 312 g/mol. The van der Waals surface area contributed by atoms with Crippen molar-refractivity contribution in [3.8, 4) is 0 Å². The Morgan fingerprint density at radius 2 is 1.71 bits per heavy atom. The predicted octanol–water partition coefficient (Wildman–Crippen LogP) is 1.24. The quantitative estimate of drug-likeness (QED) is 0.905. The predicted molar refractivity (Wildman–Crippen MR) is 79.9 cm³/mol. The number of benzene rings is 1. The van der Waals surface area contributed by atoms with Crippen molar-refractivity contribution in [3.05, 3.63) is 24.3 Å². The number of anilines is 1. The van der Waals surface area contributed by atoms with Crippen molar-refractivity contribution in [1.82, 2.24) is 4.31 Å². The van der Waals surface area contributed by atoms with Gasteiger partial charge in [0.15, 0.2) is 0 Å². The zero-order chi connectivity index (χ0) is 15.6. The van der Waals surface area contributed by atoms with Gasteiger partial charge >= 0.3 is 5.97 Å². The third-order valence-electron chi connectivity index (χ3n) is 3.79. The Bertz CT molecular complexity index is 602. The number of aliphatic carboxylic acids is 1. The lowest BCUT2D eigenvalue weighted by molar-refractivity contribution is -0.142. The summed E-state index contributed by atoms with van der Waals surface area (Å²) in [4.78, 5) is 13.1. The van der Waals surface area contributed by atoms with E-state index in [4.69, 9.17) is 5.11 Å². The molecule has 0 spiro atoms. The molecule has 1 saturated heterocycles. The molecule has 0 atom stereocenters. The summed E-state index contributed by atoms with van der Waals surface area (Å²) in [6, 6.07) is 6.70. The maximum absolute atomic E-state index is 12.5. The fraction of sp³-hybridized carbons (Fsp3) is 0.500. The second-order valence-corrected chi connectivity index (χ2v) is 7.34. The number of hydrogen-bond donors (Lipinski definition) is 1. The lowest BCUT2D eigenvalue weighted by Gasteiger charge is -2.29. The summed E-state index contributed by atoms with van der Waals surface area (Å²) in [6.07, 6.45) is 0.731. The van der Waals surface area contributed by atoms with Crippen LogP contribution in [-0.4, -0.2) is 51.0 Å². The number of piperidine rings is 1. The van der Waals surface area contributed by atoms with Gasteiger partial charge in [-0.3, -0.25) is 4.79 Å². The van der Waals surface area contributed by atoms with Gasteiger partial charge in [-0.2, -0.15) is 4.31 Å². The van der Waals surface area contributed by atoms with Crippen LogP contribution in [-0.2, 0) is 14.8 Å². The summed E-state index contributed by atoms with van der Waals surface area (Å²) in [5, 5.41) is 8.95. The van der Waals surface area contributed by atoms with Crippen molar-refractivity contribution in [2.45, 2.75) is 17.7 Å². The van der Waals surface area contributed by atoms with Gasteiger partial charge in [0.2, 0.25) is 10.0 Å².